The van der Waals surface area contributed by atoms with Crippen molar-refractivity contribution in [2.75, 3.05) is 19.0 Å². The number of carbonyl (C=O) groups excluding carboxylic acids is 1. The highest BCUT2D eigenvalue weighted by Crippen LogP contribution is 2.31. The van der Waals surface area contributed by atoms with Crippen LogP contribution < -0.4 is 14.8 Å². The van der Waals surface area contributed by atoms with Crippen LogP contribution in [0.3, 0.4) is 0 Å². The molecule has 1 heterocycles. The van der Waals surface area contributed by atoms with Crippen molar-refractivity contribution in [3.63, 3.8) is 0 Å². The first-order valence-corrected chi connectivity index (χ1v) is 8.95. The van der Waals surface area contributed by atoms with Crippen LogP contribution in [0.4, 0.5) is 5.13 Å². The van der Waals surface area contributed by atoms with Crippen molar-refractivity contribution in [2.45, 2.75) is 6.92 Å². The number of hydrogen-bond donors (Lipinski definition) is 1. The molecular weight excluding hydrogens is 362 g/mol. The number of benzene rings is 2. The molecule has 1 N–H and O–H groups in total. The number of rotatable bonds is 6. The van der Waals surface area contributed by atoms with E-state index in [-0.39, 0.29) is 12.5 Å². The van der Waals surface area contributed by atoms with Crippen molar-refractivity contribution in [2.24, 2.45) is 0 Å². The number of amides is 1. The van der Waals surface area contributed by atoms with E-state index in [2.05, 4.69) is 10.3 Å². The van der Waals surface area contributed by atoms with Crippen molar-refractivity contribution >= 4 is 22.4 Å². The number of methoxy groups -OCH3 is 1. The van der Waals surface area contributed by atoms with E-state index < -0.39 is 0 Å². The minimum atomic E-state index is -0.313. The van der Waals surface area contributed by atoms with Gasteiger partial charge in [0.1, 0.15) is 11.5 Å². The van der Waals surface area contributed by atoms with E-state index in [1.54, 1.807) is 31.4 Å². The summed E-state index contributed by atoms with van der Waals surface area (Å²) in [6.07, 6.45) is 0. The number of ether oxygens (including phenoxy) is 2. The molecule has 3 aromatic rings. The van der Waals surface area contributed by atoms with Gasteiger partial charge in [0, 0.05) is 10.4 Å². The number of nitriles is 1. The zero-order chi connectivity index (χ0) is 19.2. The van der Waals surface area contributed by atoms with E-state index in [0.717, 1.165) is 21.9 Å². The van der Waals surface area contributed by atoms with E-state index >= 15 is 0 Å². The molecule has 0 aliphatic heterocycles. The molecule has 0 radical (unpaired) electrons. The Morgan fingerprint density at radius 1 is 1.22 bits per heavy atom. The van der Waals surface area contributed by atoms with Crippen molar-refractivity contribution in [3.8, 4) is 28.8 Å². The predicted octanol–water partition coefficient (Wildman–Crippen LogP) is 4.02. The fourth-order valence-electron chi connectivity index (χ4n) is 2.43. The normalized spacial score (nSPS) is 10.1. The average molecular weight is 379 g/mol. The maximum atomic E-state index is 12.1. The standard InChI is InChI=1S/C20H17N3O3S/c1-13-19(15-6-8-16(25-2)9-7-15)23-20(27-13)22-18(24)12-26-17-5-3-4-14(10-17)11-21/h3-10H,12H2,1-2H3,(H,22,23,24). The number of nitrogens with one attached hydrogen (secondary N) is 1. The van der Waals surface area contributed by atoms with Crippen molar-refractivity contribution in [1.82, 2.24) is 4.98 Å². The lowest BCUT2D eigenvalue weighted by molar-refractivity contribution is -0.118. The average Bonchev–Trinajstić information content (AvgIpc) is 3.06. The molecule has 0 aliphatic carbocycles. The topological polar surface area (TPSA) is 84.2 Å². The summed E-state index contributed by atoms with van der Waals surface area (Å²) in [6, 6.07) is 16.3. The summed E-state index contributed by atoms with van der Waals surface area (Å²) < 4.78 is 10.6. The van der Waals surface area contributed by atoms with Crippen LogP contribution in [0.25, 0.3) is 11.3 Å². The molecule has 0 fully saturated rings. The Morgan fingerprint density at radius 2 is 2.00 bits per heavy atom. The zero-order valence-electron chi connectivity index (χ0n) is 14.9. The molecule has 6 nitrogen and oxygen atoms in total. The van der Waals surface area contributed by atoms with Crippen LogP contribution in [0.1, 0.15) is 10.4 Å². The summed E-state index contributed by atoms with van der Waals surface area (Å²) in [6.45, 7) is 1.79. The van der Waals surface area contributed by atoms with Gasteiger partial charge in [0.2, 0.25) is 0 Å². The minimum absolute atomic E-state index is 0.161. The second-order valence-electron chi connectivity index (χ2n) is 5.63. The summed E-state index contributed by atoms with van der Waals surface area (Å²) in [4.78, 5) is 17.6. The highest BCUT2D eigenvalue weighted by Gasteiger charge is 2.13. The molecule has 7 heteroatoms. The molecule has 0 aliphatic rings. The van der Waals surface area contributed by atoms with Gasteiger partial charge in [-0.25, -0.2) is 4.98 Å². The van der Waals surface area contributed by atoms with Gasteiger partial charge in [-0.3, -0.25) is 10.1 Å². The number of aryl methyl sites for hydroxylation is 1. The first-order valence-electron chi connectivity index (χ1n) is 8.13. The lowest BCUT2D eigenvalue weighted by atomic mass is 10.1. The maximum absolute atomic E-state index is 12.1. The number of anilines is 1. The summed E-state index contributed by atoms with van der Waals surface area (Å²) >= 11 is 1.40. The van der Waals surface area contributed by atoms with E-state index in [1.165, 1.54) is 11.3 Å². The molecule has 0 saturated heterocycles. The van der Waals surface area contributed by atoms with Crippen LogP contribution in [0.5, 0.6) is 11.5 Å². The van der Waals surface area contributed by atoms with Crippen molar-refractivity contribution < 1.29 is 14.3 Å². The third kappa shape index (κ3) is 4.63. The number of thiazole rings is 1. The number of nitrogens with zero attached hydrogens (tertiary/aromatic N) is 2. The van der Waals surface area contributed by atoms with Crippen LogP contribution in [0.2, 0.25) is 0 Å². The van der Waals surface area contributed by atoms with E-state index in [1.807, 2.05) is 37.3 Å². The maximum Gasteiger partial charge on any atom is 0.264 e. The molecule has 0 unspecified atom stereocenters. The van der Waals surface area contributed by atoms with Crippen LogP contribution in [-0.2, 0) is 4.79 Å². The van der Waals surface area contributed by atoms with Crippen LogP contribution in [0, 0.1) is 18.3 Å². The Hall–Kier alpha value is -3.37. The Kier molecular flexibility index (Phi) is 5.69. The fourth-order valence-corrected chi connectivity index (χ4v) is 3.28. The highest BCUT2D eigenvalue weighted by atomic mass is 32.1. The van der Waals surface area contributed by atoms with Crippen molar-refractivity contribution in [3.05, 3.63) is 59.0 Å². The lowest BCUT2D eigenvalue weighted by Gasteiger charge is -2.05. The van der Waals surface area contributed by atoms with Gasteiger partial charge in [-0.1, -0.05) is 6.07 Å². The van der Waals surface area contributed by atoms with Gasteiger partial charge < -0.3 is 9.47 Å². The fraction of sp³-hybridized carbons (Fsp3) is 0.150. The SMILES string of the molecule is COc1ccc(-c2nc(NC(=O)COc3cccc(C#N)c3)sc2C)cc1. The monoisotopic (exact) mass is 379 g/mol. The Bertz CT molecular complexity index is 990. The molecule has 0 atom stereocenters. The van der Waals surface area contributed by atoms with Crippen molar-refractivity contribution in [1.29, 1.82) is 5.26 Å². The molecule has 136 valence electrons. The Balaban J connectivity index is 1.63. The number of carbonyl (C=O) groups is 1. The molecule has 1 amide bonds. The van der Waals surface area contributed by atoms with Crippen LogP contribution >= 0.6 is 11.3 Å². The van der Waals surface area contributed by atoms with Crippen LogP contribution in [0.15, 0.2) is 48.5 Å². The van der Waals surface area contributed by atoms with E-state index in [0.29, 0.717) is 16.4 Å². The van der Waals surface area contributed by atoms with Gasteiger partial charge in [0.25, 0.3) is 5.91 Å². The quantitative estimate of drug-likeness (QED) is 0.699. The highest BCUT2D eigenvalue weighted by molar-refractivity contribution is 7.16. The summed E-state index contributed by atoms with van der Waals surface area (Å²) in [5.74, 6) is 0.934. The lowest BCUT2D eigenvalue weighted by Crippen LogP contribution is -2.20. The minimum Gasteiger partial charge on any atom is -0.497 e. The number of hydrogen-bond acceptors (Lipinski definition) is 6. The van der Waals surface area contributed by atoms with E-state index in [4.69, 9.17) is 14.7 Å². The summed E-state index contributed by atoms with van der Waals surface area (Å²) in [7, 11) is 1.62. The Labute approximate surface area is 161 Å². The first-order chi connectivity index (χ1) is 13.1. The van der Waals surface area contributed by atoms with Crippen LogP contribution in [-0.4, -0.2) is 24.6 Å². The molecule has 0 saturated carbocycles. The smallest absolute Gasteiger partial charge is 0.264 e. The molecule has 3 rings (SSSR count). The zero-order valence-corrected chi connectivity index (χ0v) is 15.7. The van der Waals surface area contributed by atoms with Gasteiger partial charge in [0.15, 0.2) is 11.7 Å². The largest absolute Gasteiger partial charge is 0.497 e. The predicted molar refractivity (Wildman–Crippen MR) is 104 cm³/mol. The van der Waals surface area contributed by atoms with Gasteiger partial charge >= 0.3 is 0 Å². The Morgan fingerprint density at radius 3 is 2.70 bits per heavy atom. The molecule has 27 heavy (non-hydrogen) atoms. The number of aromatic nitrogens is 1. The third-order valence-electron chi connectivity index (χ3n) is 3.74. The molecule has 2 aromatic carbocycles. The second-order valence-corrected chi connectivity index (χ2v) is 6.83. The summed E-state index contributed by atoms with van der Waals surface area (Å²) in [5.41, 5.74) is 2.25. The first kappa shape index (κ1) is 18.4. The van der Waals surface area contributed by atoms with Gasteiger partial charge in [-0.15, -0.1) is 11.3 Å². The van der Waals surface area contributed by atoms with Gasteiger partial charge in [0.05, 0.1) is 24.4 Å². The van der Waals surface area contributed by atoms with Gasteiger partial charge in [-0.2, -0.15) is 5.26 Å². The van der Waals surface area contributed by atoms with Gasteiger partial charge in [-0.05, 0) is 49.4 Å². The molecule has 0 spiro atoms. The molecule has 0 bridgehead atoms. The second kappa shape index (κ2) is 8.34. The summed E-state index contributed by atoms with van der Waals surface area (Å²) in [5, 5.41) is 12.1. The third-order valence-corrected chi connectivity index (χ3v) is 4.63. The van der Waals surface area contributed by atoms with E-state index in [9.17, 15) is 4.79 Å². The molecule has 1 aromatic heterocycles. The molecular formula is C20H17N3O3S.